The molecule has 0 unspecified atom stereocenters. The first kappa shape index (κ1) is 17.9. The van der Waals surface area contributed by atoms with Gasteiger partial charge in [0.15, 0.2) is 14.9 Å². The Bertz CT molecular complexity index is 922. The fraction of sp³-hybridized carbons (Fsp3) is 0.556. The van der Waals surface area contributed by atoms with E-state index >= 15 is 0 Å². The van der Waals surface area contributed by atoms with Gasteiger partial charge in [0.25, 0.3) is 0 Å². The Morgan fingerprint density at radius 3 is 2.48 bits per heavy atom. The van der Waals surface area contributed by atoms with Gasteiger partial charge in [-0.2, -0.15) is 0 Å². The quantitative estimate of drug-likeness (QED) is 0.896. The summed E-state index contributed by atoms with van der Waals surface area (Å²) in [5, 5.41) is 9.18. The lowest BCUT2D eigenvalue weighted by atomic mass is 10.0. The van der Waals surface area contributed by atoms with Crippen LogP contribution in [0.5, 0.6) is 0 Å². The van der Waals surface area contributed by atoms with E-state index in [1.54, 1.807) is 17.5 Å². The number of imidazole rings is 1. The second-order valence-corrected chi connectivity index (χ2v) is 9.31. The second-order valence-electron chi connectivity index (χ2n) is 7.17. The van der Waals surface area contributed by atoms with E-state index in [-0.39, 0.29) is 21.8 Å². The second kappa shape index (κ2) is 6.44. The maximum Gasteiger partial charge on any atom is 0.336 e. The predicted octanol–water partition coefficient (Wildman–Crippen LogP) is 3.57. The lowest BCUT2D eigenvalue weighted by Gasteiger charge is -2.22. The molecule has 1 saturated carbocycles. The van der Waals surface area contributed by atoms with Crippen LogP contribution in [-0.4, -0.2) is 34.1 Å². The number of carbonyl (C=O) groups is 1. The third-order valence-corrected chi connectivity index (χ3v) is 7.27. The average molecular weight is 364 g/mol. The van der Waals surface area contributed by atoms with Crippen LogP contribution >= 0.6 is 0 Å². The van der Waals surface area contributed by atoms with Crippen molar-refractivity contribution in [3.05, 3.63) is 29.1 Å². The monoisotopic (exact) mass is 364 g/mol. The third kappa shape index (κ3) is 3.05. The van der Waals surface area contributed by atoms with Crippen LogP contribution in [0.4, 0.5) is 0 Å². The van der Waals surface area contributed by atoms with Gasteiger partial charge in [0.2, 0.25) is 0 Å². The lowest BCUT2D eigenvalue weighted by Crippen LogP contribution is -2.26. The summed E-state index contributed by atoms with van der Waals surface area (Å²) in [6.07, 6.45) is 5.89. The van der Waals surface area contributed by atoms with Crippen LogP contribution in [0.2, 0.25) is 0 Å². The van der Waals surface area contributed by atoms with Gasteiger partial charge in [0.1, 0.15) is 5.65 Å². The number of aromatic nitrogens is 2. The van der Waals surface area contributed by atoms with E-state index in [2.05, 4.69) is 4.98 Å². The molecule has 3 rings (SSSR count). The molecule has 2 aromatic rings. The molecule has 0 atom stereocenters. The zero-order valence-corrected chi connectivity index (χ0v) is 15.6. The maximum atomic E-state index is 13.3. The Morgan fingerprint density at radius 2 is 1.92 bits per heavy atom. The zero-order valence-electron chi connectivity index (χ0n) is 14.8. The highest BCUT2D eigenvalue weighted by Crippen LogP contribution is 2.33. The van der Waals surface area contributed by atoms with Gasteiger partial charge in [0, 0.05) is 6.20 Å². The molecule has 1 aliphatic rings. The van der Waals surface area contributed by atoms with Crippen molar-refractivity contribution in [1.29, 1.82) is 0 Å². The molecule has 0 spiro atoms. The largest absolute Gasteiger partial charge is 0.478 e. The number of carboxylic acid groups (broad SMARTS) is 1. The standard InChI is InChI=1S/C18H24N2O4S/c1-11(2)16-17(25(23,24)13-7-5-4-6-8-13)20-10-12(3)14(18(21)22)9-15(20)19-16/h9-11,13H,4-8H2,1-3H3,(H,21,22). The molecule has 0 saturated heterocycles. The van der Waals surface area contributed by atoms with Gasteiger partial charge in [-0.1, -0.05) is 33.1 Å². The van der Waals surface area contributed by atoms with Crippen LogP contribution in [0.1, 0.15) is 73.5 Å². The van der Waals surface area contributed by atoms with Gasteiger partial charge in [0.05, 0.1) is 16.5 Å². The van der Waals surface area contributed by atoms with Crippen molar-refractivity contribution in [2.24, 2.45) is 0 Å². The van der Waals surface area contributed by atoms with Gasteiger partial charge in [-0.15, -0.1) is 0 Å². The summed E-state index contributed by atoms with van der Waals surface area (Å²) in [4.78, 5) is 15.9. The number of carboxylic acids is 1. The normalized spacial score (nSPS) is 16.6. The van der Waals surface area contributed by atoms with Crippen molar-refractivity contribution in [3.63, 3.8) is 0 Å². The highest BCUT2D eigenvalue weighted by atomic mass is 32.2. The summed E-state index contributed by atoms with van der Waals surface area (Å²) in [7, 11) is -3.52. The summed E-state index contributed by atoms with van der Waals surface area (Å²) >= 11 is 0. The molecule has 2 aromatic heterocycles. The number of hydrogen-bond donors (Lipinski definition) is 1. The highest BCUT2D eigenvalue weighted by Gasteiger charge is 2.35. The molecule has 0 bridgehead atoms. The van der Waals surface area contributed by atoms with E-state index in [4.69, 9.17) is 0 Å². The zero-order chi connectivity index (χ0) is 18.4. The van der Waals surface area contributed by atoms with Crippen LogP contribution in [-0.2, 0) is 9.84 Å². The SMILES string of the molecule is Cc1cn2c(S(=O)(=O)C3CCCCC3)c(C(C)C)nc2cc1C(=O)O. The number of fused-ring (bicyclic) bond motifs is 1. The average Bonchev–Trinajstić information content (AvgIpc) is 2.94. The van der Waals surface area contributed by atoms with Crippen LogP contribution in [0.3, 0.4) is 0 Å². The van der Waals surface area contributed by atoms with E-state index in [9.17, 15) is 18.3 Å². The smallest absolute Gasteiger partial charge is 0.336 e. The highest BCUT2D eigenvalue weighted by molar-refractivity contribution is 7.92. The summed E-state index contributed by atoms with van der Waals surface area (Å²) in [6, 6.07) is 1.46. The molecule has 1 fully saturated rings. The maximum absolute atomic E-state index is 13.3. The lowest BCUT2D eigenvalue weighted by molar-refractivity contribution is 0.0696. The number of pyridine rings is 1. The van der Waals surface area contributed by atoms with Crippen molar-refractivity contribution in [3.8, 4) is 0 Å². The van der Waals surface area contributed by atoms with Crippen LogP contribution in [0.15, 0.2) is 17.3 Å². The molecule has 7 heteroatoms. The number of nitrogens with zero attached hydrogens (tertiary/aromatic N) is 2. The number of hydrogen-bond acceptors (Lipinski definition) is 4. The Morgan fingerprint density at radius 1 is 1.28 bits per heavy atom. The van der Waals surface area contributed by atoms with Crippen LogP contribution in [0.25, 0.3) is 5.65 Å². The van der Waals surface area contributed by atoms with Crippen LogP contribution < -0.4 is 0 Å². The first-order valence-electron chi connectivity index (χ1n) is 8.73. The van der Waals surface area contributed by atoms with Crippen molar-refractivity contribution in [2.45, 2.75) is 69.1 Å². The number of rotatable bonds is 4. The number of sulfone groups is 1. The first-order valence-corrected chi connectivity index (χ1v) is 10.3. The van der Waals surface area contributed by atoms with E-state index < -0.39 is 15.8 Å². The molecule has 25 heavy (non-hydrogen) atoms. The minimum atomic E-state index is -3.52. The van der Waals surface area contributed by atoms with Crippen molar-refractivity contribution in [1.82, 2.24) is 9.38 Å². The van der Waals surface area contributed by atoms with E-state index in [0.29, 0.717) is 29.7 Å². The first-order chi connectivity index (χ1) is 11.7. The molecule has 136 valence electrons. The third-order valence-electron chi connectivity index (χ3n) is 4.98. The minimum Gasteiger partial charge on any atom is -0.478 e. The van der Waals surface area contributed by atoms with Gasteiger partial charge >= 0.3 is 5.97 Å². The molecule has 0 aromatic carbocycles. The van der Waals surface area contributed by atoms with Gasteiger partial charge in [-0.05, 0) is 37.3 Å². The van der Waals surface area contributed by atoms with Gasteiger partial charge in [-0.3, -0.25) is 4.40 Å². The Labute approximate surface area is 147 Å². The molecule has 0 radical (unpaired) electrons. The summed E-state index contributed by atoms with van der Waals surface area (Å²) in [6.45, 7) is 5.49. The van der Waals surface area contributed by atoms with E-state index in [1.807, 2.05) is 13.8 Å². The molecule has 0 aliphatic heterocycles. The fourth-order valence-corrected chi connectivity index (χ4v) is 5.87. The molecule has 6 nitrogen and oxygen atoms in total. The molecule has 1 N–H and O–H groups in total. The van der Waals surface area contributed by atoms with Crippen molar-refractivity contribution < 1.29 is 18.3 Å². The Balaban J connectivity index is 2.27. The topological polar surface area (TPSA) is 88.7 Å². The predicted molar refractivity (Wildman–Crippen MR) is 95.0 cm³/mol. The molecule has 2 heterocycles. The Kier molecular flexibility index (Phi) is 4.62. The summed E-state index contributed by atoms with van der Waals surface area (Å²) < 4.78 is 28.3. The minimum absolute atomic E-state index is 0.0677. The Hall–Kier alpha value is -1.89. The number of aryl methyl sites for hydroxylation is 1. The van der Waals surface area contributed by atoms with E-state index in [0.717, 1.165) is 19.3 Å². The van der Waals surface area contributed by atoms with E-state index in [1.165, 1.54) is 6.07 Å². The van der Waals surface area contributed by atoms with Gasteiger partial charge < -0.3 is 5.11 Å². The summed E-state index contributed by atoms with van der Waals surface area (Å²) in [5.41, 5.74) is 1.57. The van der Waals surface area contributed by atoms with Crippen molar-refractivity contribution >= 4 is 21.5 Å². The fourth-order valence-electron chi connectivity index (χ4n) is 3.61. The van der Waals surface area contributed by atoms with Crippen molar-refractivity contribution in [2.75, 3.05) is 0 Å². The molecule has 1 aliphatic carbocycles. The molecular weight excluding hydrogens is 340 g/mol. The molecular formula is C18H24N2O4S. The summed E-state index contributed by atoms with van der Waals surface area (Å²) in [5.74, 6) is -1.10. The number of aromatic carboxylic acids is 1. The van der Waals surface area contributed by atoms with Crippen LogP contribution in [0, 0.1) is 6.92 Å². The van der Waals surface area contributed by atoms with Gasteiger partial charge in [-0.25, -0.2) is 18.2 Å². The molecule has 0 amide bonds.